The third-order valence-corrected chi connectivity index (χ3v) is 3.80. The molecule has 1 aliphatic heterocycles. The number of rotatable bonds is 2. The lowest BCUT2D eigenvalue weighted by Crippen LogP contribution is -2.29. The van der Waals surface area contributed by atoms with E-state index in [0.29, 0.717) is 0 Å². The Hall–Kier alpha value is -0.930. The lowest BCUT2D eigenvalue weighted by Gasteiger charge is -2.27. The fourth-order valence-corrected chi connectivity index (χ4v) is 2.52. The van der Waals surface area contributed by atoms with E-state index in [4.69, 9.17) is 0 Å². The van der Waals surface area contributed by atoms with Gasteiger partial charge in [0.15, 0.2) is 0 Å². The van der Waals surface area contributed by atoms with Crippen molar-refractivity contribution in [3.05, 3.63) is 29.6 Å². The Morgan fingerprint density at radius 2 is 2.18 bits per heavy atom. The van der Waals surface area contributed by atoms with Crippen LogP contribution in [0.15, 0.2) is 18.3 Å². The van der Waals surface area contributed by atoms with Gasteiger partial charge in [0.25, 0.3) is 0 Å². The van der Waals surface area contributed by atoms with Crippen LogP contribution in [0.2, 0.25) is 0 Å². The number of hydrogen-bond donors (Lipinski definition) is 1. The van der Waals surface area contributed by atoms with E-state index < -0.39 is 5.60 Å². The van der Waals surface area contributed by atoms with Crippen molar-refractivity contribution in [2.75, 3.05) is 19.6 Å². The summed E-state index contributed by atoms with van der Waals surface area (Å²) in [7, 11) is 0. The topological polar surface area (TPSA) is 36.4 Å². The van der Waals surface area contributed by atoms with Crippen molar-refractivity contribution in [1.29, 1.82) is 0 Å². The third kappa shape index (κ3) is 2.85. The van der Waals surface area contributed by atoms with Crippen molar-refractivity contribution in [2.24, 2.45) is 0 Å². The van der Waals surface area contributed by atoms with E-state index in [9.17, 15) is 5.11 Å². The molecule has 2 rings (SSSR count). The van der Waals surface area contributed by atoms with Crippen LogP contribution < -0.4 is 0 Å². The summed E-state index contributed by atoms with van der Waals surface area (Å²) in [6.07, 6.45) is 4.54. The first-order chi connectivity index (χ1) is 8.14. The maximum atomic E-state index is 10.8. The molecule has 0 bridgehead atoms. The Morgan fingerprint density at radius 1 is 1.35 bits per heavy atom. The zero-order valence-corrected chi connectivity index (χ0v) is 10.8. The zero-order valence-electron chi connectivity index (χ0n) is 10.8. The Morgan fingerprint density at radius 3 is 2.82 bits per heavy atom. The first-order valence-electron chi connectivity index (χ1n) is 6.52. The van der Waals surface area contributed by atoms with Gasteiger partial charge in [0.2, 0.25) is 0 Å². The monoisotopic (exact) mass is 234 g/mol. The van der Waals surface area contributed by atoms with Crippen LogP contribution in [0.5, 0.6) is 0 Å². The molecule has 0 amide bonds. The van der Waals surface area contributed by atoms with E-state index in [1.807, 2.05) is 25.3 Å². The Kier molecular flexibility index (Phi) is 3.79. The molecule has 0 radical (unpaired) electrons. The van der Waals surface area contributed by atoms with E-state index in [0.717, 1.165) is 50.2 Å². The number of likely N-dealkylation sites (tertiary alicyclic amines) is 1. The van der Waals surface area contributed by atoms with Gasteiger partial charge in [0.1, 0.15) is 0 Å². The number of hydrogen-bond acceptors (Lipinski definition) is 3. The highest BCUT2D eigenvalue weighted by atomic mass is 16.3. The molecule has 1 aromatic heterocycles. The van der Waals surface area contributed by atoms with Crippen molar-refractivity contribution < 1.29 is 5.11 Å². The van der Waals surface area contributed by atoms with Crippen LogP contribution in [0.4, 0.5) is 0 Å². The molecule has 3 nitrogen and oxygen atoms in total. The summed E-state index contributed by atoms with van der Waals surface area (Å²) in [5, 5.41) is 10.8. The van der Waals surface area contributed by atoms with E-state index >= 15 is 0 Å². The second kappa shape index (κ2) is 5.15. The van der Waals surface area contributed by atoms with Gasteiger partial charge in [-0.1, -0.05) is 13.0 Å². The maximum Gasteiger partial charge on any atom is 0.0924 e. The van der Waals surface area contributed by atoms with Crippen molar-refractivity contribution in [1.82, 2.24) is 9.88 Å². The van der Waals surface area contributed by atoms with Crippen LogP contribution in [0.3, 0.4) is 0 Å². The smallest absolute Gasteiger partial charge is 0.0924 e. The molecule has 0 spiro atoms. The molecule has 17 heavy (non-hydrogen) atoms. The van der Waals surface area contributed by atoms with Crippen LogP contribution >= 0.6 is 0 Å². The number of aryl methyl sites for hydroxylation is 1. The first kappa shape index (κ1) is 12.5. The molecule has 0 aromatic carbocycles. The molecule has 1 unspecified atom stereocenters. The van der Waals surface area contributed by atoms with E-state index in [1.54, 1.807) is 0 Å². The second-order valence-electron chi connectivity index (χ2n) is 5.01. The molecular formula is C14H22N2O. The standard InChI is InChI=1S/C14H22N2O/c1-3-16-9-4-7-14(17,8-10-16)13-6-5-12(2)15-11-13/h5-6,11,17H,3-4,7-10H2,1-2H3. The maximum absolute atomic E-state index is 10.8. The van der Waals surface area contributed by atoms with Gasteiger partial charge in [-0.2, -0.15) is 0 Å². The van der Waals surface area contributed by atoms with Gasteiger partial charge in [-0.25, -0.2) is 0 Å². The summed E-state index contributed by atoms with van der Waals surface area (Å²) >= 11 is 0. The normalized spacial score (nSPS) is 26.8. The van der Waals surface area contributed by atoms with Crippen molar-refractivity contribution in [3.63, 3.8) is 0 Å². The Labute approximate surface area is 103 Å². The van der Waals surface area contributed by atoms with E-state index in [2.05, 4.69) is 16.8 Å². The van der Waals surface area contributed by atoms with Crippen LogP contribution in [-0.4, -0.2) is 34.6 Å². The minimum absolute atomic E-state index is 0.676. The molecule has 1 aliphatic rings. The fraction of sp³-hybridized carbons (Fsp3) is 0.643. The Bertz CT molecular complexity index is 363. The minimum atomic E-state index is -0.676. The average molecular weight is 234 g/mol. The molecule has 1 N–H and O–H groups in total. The number of aliphatic hydroxyl groups is 1. The van der Waals surface area contributed by atoms with Crippen molar-refractivity contribution >= 4 is 0 Å². The largest absolute Gasteiger partial charge is 0.385 e. The second-order valence-corrected chi connectivity index (χ2v) is 5.01. The van der Waals surface area contributed by atoms with E-state index in [1.165, 1.54) is 0 Å². The summed E-state index contributed by atoms with van der Waals surface area (Å²) in [6, 6.07) is 4.00. The molecule has 3 heteroatoms. The Balaban J connectivity index is 2.15. The molecular weight excluding hydrogens is 212 g/mol. The first-order valence-corrected chi connectivity index (χ1v) is 6.52. The predicted octanol–water partition coefficient (Wildman–Crippen LogP) is 2.08. The molecule has 1 fully saturated rings. The highest BCUT2D eigenvalue weighted by Gasteiger charge is 2.31. The predicted molar refractivity (Wildman–Crippen MR) is 68.8 cm³/mol. The highest BCUT2D eigenvalue weighted by molar-refractivity contribution is 5.21. The number of aromatic nitrogens is 1. The van der Waals surface area contributed by atoms with Gasteiger partial charge in [-0.05, 0) is 45.3 Å². The van der Waals surface area contributed by atoms with Crippen LogP contribution in [0.1, 0.15) is 37.4 Å². The average Bonchev–Trinajstić information content (AvgIpc) is 2.53. The number of nitrogens with zero attached hydrogens (tertiary/aromatic N) is 2. The molecule has 94 valence electrons. The summed E-state index contributed by atoms with van der Waals surface area (Å²) in [6.45, 7) is 7.29. The summed E-state index contributed by atoms with van der Waals surface area (Å²) in [5.41, 5.74) is 1.30. The van der Waals surface area contributed by atoms with Gasteiger partial charge in [0, 0.05) is 24.0 Å². The molecule has 1 saturated heterocycles. The molecule has 0 saturated carbocycles. The highest BCUT2D eigenvalue weighted by Crippen LogP contribution is 2.32. The molecule has 1 atom stereocenters. The zero-order chi connectivity index (χ0) is 12.3. The molecule has 1 aromatic rings. The summed E-state index contributed by atoms with van der Waals surface area (Å²) < 4.78 is 0. The lowest BCUT2D eigenvalue weighted by atomic mass is 9.88. The molecule has 2 heterocycles. The van der Waals surface area contributed by atoms with Gasteiger partial charge in [-0.15, -0.1) is 0 Å². The van der Waals surface area contributed by atoms with E-state index in [-0.39, 0.29) is 0 Å². The fourth-order valence-electron chi connectivity index (χ4n) is 2.52. The molecule has 0 aliphatic carbocycles. The van der Waals surface area contributed by atoms with Gasteiger partial charge in [-0.3, -0.25) is 4.98 Å². The summed E-state index contributed by atoms with van der Waals surface area (Å²) in [5.74, 6) is 0. The van der Waals surface area contributed by atoms with Crippen LogP contribution in [-0.2, 0) is 5.60 Å². The lowest BCUT2D eigenvalue weighted by molar-refractivity contribution is 0.0210. The number of pyridine rings is 1. The van der Waals surface area contributed by atoms with Gasteiger partial charge in [0.05, 0.1) is 5.60 Å². The SMILES string of the molecule is CCN1CCCC(O)(c2ccc(C)nc2)CC1. The van der Waals surface area contributed by atoms with Crippen molar-refractivity contribution in [3.8, 4) is 0 Å². The van der Waals surface area contributed by atoms with Gasteiger partial charge < -0.3 is 10.0 Å². The quantitative estimate of drug-likeness (QED) is 0.851. The van der Waals surface area contributed by atoms with Crippen molar-refractivity contribution in [2.45, 2.75) is 38.7 Å². The summed E-state index contributed by atoms with van der Waals surface area (Å²) in [4.78, 5) is 6.70. The minimum Gasteiger partial charge on any atom is -0.385 e. The third-order valence-electron chi connectivity index (χ3n) is 3.80. The van der Waals surface area contributed by atoms with Crippen LogP contribution in [0, 0.1) is 6.92 Å². The van der Waals surface area contributed by atoms with Crippen LogP contribution in [0.25, 0.3) is 0 Å². The van der Waals surface area contributed by atoms with Gasteiger partial charge >= 0.3 is 0 Å².